The van der Waals surface area contributed by atoms with Crippen molar-refractivity contribution in [1.82, 2.24) is 4.31 Å². The van der Waals surface area contributed by atoms with Gasteiger partial charge in [0.1, 0.15) is 5.75 Å². The lowest BCUT2D eigenvalue weighted by molar-refractivity contribution is -0.116. The third kappa shape index (κ3) is 6.24. The predicted octanol–water partition coefficient (Wildman–Crippen LogP) is 4.88. The Kier molecular flexibility index (Phi) is 8.47. The molecule has 0 heterocycles. The molecule has 180 valence electrons. The molecular weight excluding hydrogens is 448 g/mol. The van der Waals surface area contributed by atoms with Crippen LogP contribution in [-0.2, 0) is 21.2 Å². The molecule has 0 fully saturated rings. The zero-order valence-corrected chi connectivity index (χ0v) is 21.0. The summed E-state index contributed by atoms with van der Waals surface area (Å²) in [6.45, 7) is 7.72. The van der Waals surface area contributed by atoms with Gasteiger partial charge in [-0.1, -0.05) is 60.2 Å². The zero-order chi connectivity index (χ0) is 24.7. The minimum atomic E-state index is -3.92. The van der Waals surface area contributed by atoms with E-state index in [2.05, 4.69) is 5.32 Å². The van der Waals surface area contributed by atoms with Crippen LogP contribution in [0.1, 0.15) is 29.2 Å². The summed E-state index contributed by atoms with van der Waals surface area (Å²) in [6, 6.07) is 20.5. The fourth-order valence-corrected chi connectivity index (χ4v) is 5.90. The van der Waals surface area contributed by atoms with Crippen LogP contribution in [0.25, 0.3) is 0 Å². The number of sulfonamides is 1. The molecule has 0 bridgehead atoms. The minimum Gasteiger partial charge on any atom is -0.492 e. The number of aryl methyl sites for hydroxylation is 3. The SMILES string of the molecule is CCOc1ccccc1NC(=O)CN(CCc1ccccc1)S(=O)(=O)c1c(C)cc(C)cc1C. The second kappa shape index (κ2) is 11.3. The molecule has 0 atom stereocenters. The average Bonchev–Trinajstić information content (AvgIpc) is 2.78. The number of para-hydroxylation sites is 2. The predicted molar refractivity (Wildman–Crippen MR) is 136 cm³/mol. The van der Waals surface area contributed by atoms with Gasteiger partial charge in [-0.2, -0.15) is 4.31 Å². The first-order valence-electron chi connectivity index (χ1n) is 11.4. The molecule has 0 aliphatic rings. The lowest BCUT2D eigenvalue weighted by Crippen LogP contribution is -2.40. The Morgan fingerprint density at radius 3 is 2.21 bits per heavy atom. The van der Waals surface area contributed by atoms with E-state index in [4.69, 9.17) is 4.74 Å². The van der Waals surface area contributed by atoms with Crippen molar-refractivity contribution in [3.8, 4) is 5.75 Å². The molecule has 3 aromatic carbocycles. The van der Waals surface area contributed by atoms with Crippen LogP contribution in [0.2, 0.25) is 0 Å². The number of carbonyl (C=O) groups is 1. The first kappa shape index (κ1) is 25.5. The van der Waals surface area contributed by atoms with Gasteiger partial charge in [0.05, 0.1) is 23.7 Å². The molecule has 6 nitrogen and oxygen atoms in total. The third-order valence-electron chi connectivity index (χ3n) is 5.48. The van der Waals surface area contributed by atoms with E-state index in [1.165, 1.54) is 4.31 Å². The van der Waals surface area contributed by atoms with Crippen LogP contribution in [0.3, 0.4) is 0 Å². The van der Waals surface area contributed by atoms with Gasteiger partial charge < -0.3 is 10.1 Å². The van der Waals surface area contributed by atoms with Crippen LogP contribution in [-0.4, -0.2) is 38.3 Å². The van der Waals surface area contributed by atoms with E-state index in [1.54, 1.807) is 32.0 Å². The summed E-state index contributed by atoms with van der Waals surface area (Å²) in [7, 11) is -3.92. The molecule has 1 N–H and O–H groups in total. The number of rotatable bonds is 10. The number of hydrogen-bond donors (Lipinski definition) is 1. The fourth-order valence-electron chi connectivity index (χ4n) is 4.09. The average molecular weight is 481 g/mol. The van der Waals surface area contributed by atoms with Gasteiger partial charge >= 0.3 is 0 Å². The highest BCUT2D eigenvalue weighted by Crippen LogP contribution is 2.27. The van der Waals surface area contributed by atoms with Crippen LogP contribution in [0, 0.1) is 20.8 Å². The molecule has 1 amide bonds. The van der Waals surface area contributed by atoms with Gasteiger partial charge in [-0.25, -0.2) is 8.42 Å². The second-order valence-corrected chi connectivity index (χ2v) is 10.2. The number of anilines is 1. The number of nitrogens with zero attached hydrogens (tertiary/aromatic N) is 1. The van der Waals surface area contributed by atoms with Gasteiger partial charge in [-0.05, 0) is 62.9 Å². The van der Waals surface area contributed by atoms with Gasteiger partial charge in [0, 0.05) is 6.54 Å². The highest BCUT2D eigenvalue weighted by molar-refractivity contribution is 7.89. The normalized spacial score (nSPS) is 11.4. The molecule has 0 radical (unpaired) electrons. The molecule has 0 saturated carbocycles. The summed E-state index contributed by atoms with van der Waals surface area (Å²) in [4.78, 5) is 13.3. The van der Waals surface area contributed by atoms with Gasteiger partial charge in [-0.3, -0.25) is 4.79 Å². The van der Waals surface area contributed by atoms with E-state index in [0.29, 0.717) is 35.6 Å². The summed E-state index contributed by atoms with van der Waals surface area (Å²) in [5.41, 5.74) is 3.85. The smallest absolute Gasteiger partial charge is 0.244 e. The van der Waals surface area contributed by atoms with Crippen LogP contribution < -0.4 is 10.1 Å². The van der Waals surface area contributed by atoms with E-state index < -0.39 is 15.9 Å². The quantitative estimate of drug-likeness (QED) is 0.449. The van der Waals surface area contributed by atoms with Crippen molar-refractivity contribution in [2.45, 2.75) is 39.0 Å². The highest BCUT2D eigenvalue weighted by Gasteiger charge is 2.29. The summed E-state index contributed by atoms with van der Waals surface area (Å²) in [5.74, 6) is 0.119. The summed E-state index contributed by atoms with van der Waals surface area (Å²) < 4.78 is 34.4. The number of benzene rings is 3. The van der Waals surface area contributed by atoms with Gasteiger partial charge in [0.15, 0.2) is 0 Å². The Bertz CT molecular complexity index is 1220. The monoisotopic (exact) mass is 480 g/mol. The van der Waals surface area contributed by atoms with E-state index in [9.17, 15) is 13.2 Å². The maximum atomic E-state index is 13.8. The lowest BCUT2D eigenvalue weighted by Gasteiger charge is -2.24. The van der Waals surface area contributed by atoms with Crippen molar-refractivity contribution in [1.29, 1.82) is 0 Å². The van der Waals surface area contributed by atoms with Gasteiger partial charge in [0.25, 0.3) is 0 Å². The van der Waals surface area contributed by atoms with Crippen LogP contribution in [0.15, 0.2) is 71.6 Å². The van der Waals surface area contributed by atoms with Crippen LogP contribution in [0.4, 0.5) is 5.69 Å². The molecule has 3 aromatic rings. The van der Waals surface area contributed by atoms with Crippen molar-refractivity contribution in [3.63, 3.8) is 0 Å². The zero-order valence-electron chi connectivity index (χ0n) is 20.2. The third-order valence-corrected chi connectivity index (χ3v) is 7.63. The van der Waals surface area contributed by atoms with Gasteiger partial charge in [0.2, 0.25) is 15.9 Å². The number of nitrogens with one attached hydrogen (secondary N) is 1. The Hall–Kier alpha value is -3.16. The molecule has 3 rings (SSSR count). The summed E-state index contributed by atoms with van der Waals surface area (Å²) in [6.07, 6.45) is 0.493. The van der Waals surface area contributed by atoms with E-state index >= 15 is 0 Å². The number of carbonyl (C=O) groups excluding carboxylic acids is 1. The van der Waals surface area contributed by atoms with Crippen molar-refractivity contribution in [2.24, 2.45) is 0 Å². The first-order valence-corrected chi connectivity index (χ1v) is 12.8. The number of ether oxygens (including phenoxy) is 1. The maximum Gasteiger partial charge on any atom is 0.244 e. The summed E-state index contributed by atoms with van der Waals surface area (Å²) >= 11 is 0. The van der Waals surface area contributed by atoms with Crippen LogP contribution >= 0.6 is 0 Å². The van der Waals surface area contributed by atoms with Crippen molar-refractivity contribution in [2.75, 3.05) is 25.0 Å². The van der Waals surface area contributed by atoms with Crippen molar-refractivity contribution >= 4 is 21.6 Å². The number of hydrogen-bond acceptors (Lipinski definition) is 4. The molecule has 0 aliphatic carbocycles. The molecule has 34 heavy (non-hydrogen) atoms. The van der Waals surface area contributed by atoms with E-state index in [0.717, 1.165) is 11.1 Å². The topological polar surface area (TPSA) is 75.7 Å². The first-order chi connectivity index (χ1) is 16.2. The minimum absolute atomic E-state index is 0.180. The number of amides is 1. The maximum absolute atomic E-state index is 13.8. The Morgan fingerprint density at radius 1 is 0.941 bits per heavy atom. The molecule has 0 saturated heterocycles. The van der Waals surface area contributed by atoms with Gasteiger partial charge in [-0.15, -0.1) is 0 Å². The molecular formula is C27H32N2O4S. The molecule has 0 spiro atoms. The largest absolute Gasteiger partial charge is 0.492 e. The second-order valence-electron chi connectivity index (χ2n) is 8.28. The lowest BCUT2D eigenvalue weighted by atomic mass is 10.1. The molecule has 7 heteroatoms. The van der Waals surface area contributed by atoms with E-state index in [-0.39, 0.29) is 18.0 Å². The standard InChI is InChI=1S/C27H32N2O4S/c1-5-33-25-14-10-9-13-24(25)28-26(30)19-29(16-15-23-11-7-6-8-12-23)34(31,32)27-21(3)17-20(2)18-22(27)4/h6-14,17-18H,5,15-16,19H2,1-4H3,(H,28,30). The fraction of sp³-hybridized carbons (Fsp3) is 0.296. The van der Waals surface area contributed by atoms with Crippen molar-refractivity contribution < 1.29 is 17.9 Å². The molecule has 0 unspecified atom stereocenters. The Morgan fingerprint density at radius 2 is 1.56 bits per heavy atom. The molecule has 0 aliphatic heterocycles. The Labute approximate surface area is 202 Å². The summed E-state index contributed by atoms with van der Waals surface area (Å²) in [5, 5.41) is 2.82. The van der Waals surface area contributed by atoms with Crippen LogP contribution in [0.5, 0.6) is 5.75 Å². The van der Waals surface area contributed by atoms with Crippen molar-refractivity contribution in [3.05, 3.63) is 89.0 Å². The molecule has 0 aromatic heterocycles. The Balaban J connectivity index is 1.90. The van der Waals surface area contributed by atoms with E-state index in [1.807, 2.05) is 62.4 Å². The highest BCUT2D eigenvalue weighted by atomic mass is 32.2.